The molecule has 1 aromatic heterocycles. The normalized spacial score (nSPS) is 14.1. The van der Waals surface area contributed by atoms with Crippen LogP contribution in [0, 0.1) is 11.6 Å². The monoisotopic (exact) mass is 623 g/mol. The SMILES string of the molecule is CCCCN(C(=O)NC1CCN(Cc2ccc(Oc3ccc(NS(C)(=O)=O)cc3)cn2)CC1)c1ccc(F)cc1F.Cl. The molecule has 1 saturated heterocycles. The van der Waals surface area contributed by atoms with Crippen LogP contribution in [-0.4, -0.2) is 56.3 Å². The number of ether oxygens (including phenoxy) is 1. The average molecular weight is 624 g/mol. The predicted molar refractivity (Wildman–Crippen MR) is 162 cm³/mol. The molecule has 3 aromatic rings. The molecule has 2 aromatic carbocycles. The molecule has 0 saturated carbocycles. The van der Waals surface area contributed by atoms with Crippen LogP contribution >= 0.6 is 12.4 Å². The molecule has 0 spiro atoms. The fourth-order valence-electron chi connectivity index (χ4n) is 4.57. The van der Waals surface area contributed by atoms with Crippen LogP contribution in [0.25, 0.3) is 0 Å². The minimum atomic E-state index is -3.34. The highest BCUT2D eigenvalue weighted by Crippen LogP contribution is 2.24. The number of rotatable bonds is 11. The van der Waals surface area contributed by atoms with Crippen molar-refractivity contribution in [3.8, 4) is 11.5 Å². The van der Waals surface area contributed by atoms with E-state index in [1.165, 1.54) is 11.0 Å². The van der Waals surface area contributed by atoms with Crippen LogP contribution in [0.3, 0.4) is 0 Å². The third-order valence-corrected chi connectivity index (χ3v) is 7.28. The zero-order valence-electron chi connectivity index (χ0n) is 23.6. The van der Waals surface area contributed by atoms with Crippen molar-refractivity contribution in [1.82, 2.24) is 15.2 Å². The van der Waals surface area contributed by atoms with E-state index >= 15 is 0 Å². The van der Waals surface area contributed by atoms with Crippen molar-refractivity contribution >= 4 is 39.8 Å². The number of likely N-dealkylation sites (tertiary alicyclic amines) is 1. The molecule has 1 aliphatic heterocycles. The number of amides is 2. The molecule has 42 heavy (non-hydrogen) atoms. The predicted octanol–water partition coefficient (Wildman–Crippen LogP) is 5.93. The van der Waals surface area contributed by atoms with Crippen LogP contribution in [0.1, 0.15) is 38.3 Å². The number of unbranched alkanes of at least 4 members (excludes halogenated alkanes) is 1. The summed E-state index contributed by atoms with van der Waals surface area (Å²) >= 11 is 0. The maximum atomic E-state index is 14.4. The Bertz CT molecular complexity index is 1420. The first-order valence-corrected chi connectivity index (χ1v) is 15.4. The van der Waals surface area contributed by atoms with E-state index < -0.39 is 21.7 Å². The van der Waals surface area contributed by atoms with Gasteiger partial charge in [0.05, 0.1) is 23.8 Å². The summed E-state index contributed by atoms with van der Waals surface area (Å²) in [6.45, 7) is 4.51. The molecule has 0 bridgehead atoms. The highest BCUT2D eigenvalue weighted by atomic mass is 35.5. The first kappa shape index (κ1) is 33.0. The van der Waals surface area contributed by atoms with Crippen molar-refractivity contribution in [2.75, 3.05) is 35.5 Å². The van der Waals surface area contributed by atoms with Crippen molar-refractivity contribution < 1.29 is 26.7 Å². The Labute approximate surface area is 251 Å². The lowest BCUT2D eigenvalue weighted by Gasteiger charge is -2.33. The van der Waals surface area contributed by atoms with Crippen molar-refractivity contribution in [2.45, 2.75) is 45.2 Å². The molecule has 0 radical (unpaired) electrons. The Hall–Kier alpha value is -3.48. The van der Waals surface area contributed by atoms with Gasteiger partial charge in [0.2, 0.25) is 10.0 Å². The van der Waals surface area contributed by atoms with Gasteiger partial charge in [0.25, 0.3) is 0 Å². The number of anilines is 2. The molecular formula is C29H36ClF2N5O4S. The summed E-state index contributed by atoms with van der Waals surface area (Å²) in [5.41, 5.74) is 1.41. The number of pyridine rings is 1. The quantitative estimate of drug-likeness (QED) is 0.275. The summed E-state index contributed by atoms with van der Waals surface area (Å²) in [5.74, 6) is -0.320. The van der Waals surface area contributed by atoms with Gasteiger partial charge in [-0.3, -0.25) is 19.5 Å². The number of carbonyl (C=O) groups excluding carboxylic acids is 1. The van der Waals surface area contributed by atoms with Gasteiger partial charge in [-0.1, -0.05) is 13.3 Å². The second-order valence-electron chi connectivity index (χ2n) is 10.1. The van der Waals surface area contributed by atoms with Gasteiger partial charge in [-0.2, -0.15) is 0 Å². The van der Waals surface area contributed by atoms with Gasteiger partial charge < -0.3 is 10.1 Å². The lowest BCUT2D eigenvalue weighted by atomic mass is 10.0. The maximum absolute atomic E-state index is 14.4. The summed E-state index contributed by atoms with van der Waals surface area (Å²) in [4.78, 5) is 21.2. The fraction of sp³-hybridized carbons (Fsp3) is 0.379. The van der Waals surface area contributed by atoms with Gasteiger partial charge in [0.1, 0.15) is 23.1 Å². The highest BCUT2D eigenvalue weighted by Gasteiger charge is 2.25. The third kappa shape index (κ3) is 9.81. The number of halogens is 3. The van der Waals surface area contributed by atoms with E-state index in [0.29, 0.717) is 36.7 Å². The van der Waals surface area contributed by atoms with Crippen LogP contribution in [0.2, 0.25) is 0 Å². The number of nitrogens with zero attached hydrogens (tertiary/aromatic N) is 3. The fourth-order valence-corrected chi connectivity index (χ4v) is 5.14. The number of sulfonamides is 1. The standard InChI is InChI=1S/C29H35F2N5O4S.ClH/c1-3-4-15-36(28-12-5-21(30)18-27(28)31)29(37)33-22-13-16-35(17-14-22)20-24-8-11-26(19-32-24)40-25-9-6-23(7-10-25)34-41(2,38)39;/h5-12,18-19,22,34H,3-4,13-17,20H2,1-2H3,(H,33,37);1H. The largest absolute Gasteiger partial charge is 0.456 e. The molecule has 0 unspecified atom stereocenters. The van der Waals surface area contributed by atoms with Crippen molar-refractivity contribution in [3.05, 3.63) is 78.1 Å². The van der Waals surface area contributed by atoms with Crippen LogP contribution in [0.5, 0.6) is 11.5 Å². The summed E-state index contributed by atoms with van der Waals surface area (Å²) in [5, 5.41) is 3.03. The number of aromatic nitrogens is 1. The minimum absolute atomic E-state index is 0. The number of benzene rings is 2. The number of piperidine rings is 1. The second-order valence-corrected chi connectivity index (χ2v) is 11.8. The van der Waals surface area contributed by atoms with E-state index in [4.69, 9.17) is 4.74 Å². The van der Waals surface area contributed by atoms with E-state index in [1.54, 1.807) is 30.5 Å². The number of urea groups is 1. The third-order valence-electron chi connectivity index (χ3n) is 6.67. The molecule has 0 atom stereocenters. The number of hydrogen-bond acceptors (Lipinski definition) is 6. The Balaban J connectivity index is 0.00000484. The molecule has 2 N–H and O–H groups in total. The summed E-state index contributed by atoms with van der Waals surface area (Å²) < 4.78 is 58.7. The molecule has 1 fully saturated rings. The lowest BCUT2D eigenvalue weighted by molar-refractivity contribution is 0.186. The van der Waals surface area contributed by atoms with Gasteiger partial charge in [0, 0.05) is 44.0 Å². The van der Waals surface area contributed by atoms with Gasteiger partial charge in [-0.05, 0) is 67.8 Å². The molecular weight excluding hydrogens is 588 g/mol. The Morgan fingerprint density at radius 2 is 1.76 bits per heavy atom. The Morgan fingerprint density at radius 3 is 2.36 bits per heavy atom. The lowest BCUT2D eigenvalue weighted by Crippen LogP contribution is -2.49. The Morgan fingerprint density at radius 1 is 1.07 bits per heavy atom. The van der Waals surface area contributed by atoms with E-state index in [-0.39, 0.29) is 30.2 Å². The van der Waals surface area contributed by atoms with E-state index in [9.17, 15) is 22.0 Å². The highest BCUT2D eigenvalue weighted by molar-refractivity contribution is 7.92. The summed E-state index contributed by atoms with van der Waals surface area (Å²) in [7, 11) is -3.34. The number of carbonyl (C=O) groups is 1. The topological polar surface area (TPSA) is 104 Å². The molecule has 13 heteroatoms. The zero-order chi connectivity index (χ0) is 29.4. The average Bonchev–Trinajstić information content (AvgIpc) is 2.92. The molecule has 228 valence electrons. The summed E-state index contributed by atoms with van der Waals surface area (Å²) in [6, 6.07) is 13.1. The zero-order valence-corrected chi connectivity index (χ0v) is 25.2. The number of nitrogens with one attached hydrogen (secondary N) is 2. The van der Waals surface area contributed by atoms with Crippen LogP contribution in [-0.2, 0) is 16.6 Å². The molecule has 2 amide bonds. The van der Waals surface area contributed by atoms with Crippen LogP contribution in [0.4, 0.5) is 25.0 Å². The van der Waals surface area contributed by atoms with Gasteiger partial charge in [0.15, 0.2) is 0 Å². The van der Waals surface area contributed by atoms with Crippen molar-refractivity contribution in [2.24, 2.45) is 0 Å². The Kier molecular flexibility index (Phi) is 11.9. The van der Waals surface area contributed by atoms with Crippen LogP contribution < -0.4 is 19.7 Å². The van der Waals surface area contributed by atoms with Gasteiger partial charge in [-0.25, -0.2) is 22.0 Å². The maximum Gasteiger partial charge on any atom is 0.322 e. The molecule has 1 aliphatic rings. The van der Waals surface area contributed by atoms with E-state index in [2.05, 4.69) is 19.9 Å². The number of hydrogen-bond donors (Lipinski definition) is 2. The summed E-state index contributed by atoms with van der Waals surface area (Å²) in [6.07, 6.45) is 5.76. The molecule has 4 rings (SSSR count). The molecule has 2 heterocycles. The molecule has 9 nitrogen and oxygen atoms in total. The van der Waals surface area contributed by atoms with Crippen molar-refractivity contribution in [1.29, 1.82) is 0 Å². The minimum Gasteiger partial charge on any atom is -0.456 e. The van der Waals surface area contributed by atoms with Gasteiger partial charge >= 0.3 is 6.03 Å². The van der Waals surface area contributed by atoms with E-state index in [1.807, 2.05) is 19.1 Å². The van der Waals surface area contributed by atoms with E-state index in [0.717, 1.165) is 56.4 Å². The van der Waals surface area contributed by atoms with Crippen molar-refractivity contribution in [3.63, 3.8) is 0 Å². The second kappa shape index (κ2) is 15.1. The van der Waals surface area contributed by atoms with Crippen LogP contribution in [0.15, 0.2) is 60.8 Å². The smallest absolute Gasteiger partial charge is 0.322 e. The molecule has 0 aliphatic carbocycles. The first-order valence-electron chi connectivity index (χ1n) is 13.6. The first-order chi connectivity index (χ1) is 19.6. The van der Waals surface area contributed by atoms with Gasteiger partial charge in [-0.15, -0.1) is 12.4 Å².